The van der Waals surface area contributed by atoms with Gasteiger partial charge >= 0.3 is 0 Å². The summed E-state index contributed by atoms with van der Waals surface area (Å²) in [5.74, 6) is -2.67. The number of carbonyl (C=O) groups is 2. The van der Waals surface area contributed by atoms with E-state index in [9.17, 15) is 14.0 Å². The second-order valence-electron chi connectivity index (χ2n) is 3.45. The molecule has 1 unspecified atom stereocenters. The number of Topliss-reactive ketones (excluding diaryl/α,β-unsaturated/α-hetero) is 2. The van der Waals surface area contributed by atoms with Crippen LogP contribution >= 0.6 is 0 Å². The van der Waals surface area contributed by atoms with Crippen LogP contribution in [0.15, 0.2) is 24.3 Å². The highest BCUT2D eigenvalue weighted by molar-refractivity contribution is 6.04. The molecule has 1 rings (SSSR count). The van der Waals surface area contributed by atoms with E-state index in [1.54, 1.807) is 12.1 Å². The number of carbonyl (C=O) groups excluding carboxylic acids is 2. The van der Waals surface area contributed by atoms with Gasteiger partial charge < -0.3 is 0 Å². The Balaban J connectivity index is 2.79. The first-order valence-corrected chi connectivity index (χ1v) is 4.72. The zero-order valence-corrected chi connectivity index (χ0v) is 8.74. The summed E-state index contributed by atoms with van der Waals surface area (Å²) in [5.41, 5.74) is 0.464. The molecule has 0 fully saturated rings. The molecule has 3 nitrogen and oxygen atoms in total. The highest BCUT2D eigenvalue weighted by Crippen LogP contribution is 2.08. The minimum Gasteiger partial charge on any atom is -0.298 e. The maximum absolute atomic E-state index is 12.8. The maximum atomic E-state index is 12.8. The number of ketones is 2. The Hall–Kier alpha value is -2.02. The standard InChI is InChI=1S/C12H10FNO2/c1-8(15)11(7-14)12(16)6-9-3-2-4-10(13)5-9/h2-5,11H,6H2,1H3. The third kappa shape index (κ3) is 2.99. The molecule has 1 aromatic carbocycles. The lowest BCUT2D eigenvalue weighted by molar-refractivity contribution is -0.128. The van der Waals surface area contributed by atoms with E-state index >= 15 is 0 Å². The quantitative estimate of drug-likeness (QED) is 0.723. The Morgan fingerprint density at radius 2 is 2.19 bits per heavy atom. The van der Waals surface area contributed by atoms with Gasteiger partial charge in [-0.15, -0.1) is 0 Å². The van der Waals surface area contributed by atoms with Gasteiger partial charge in [0, 0.05) is 6.42 Å². The summed E-state index contributed by atoms with van der Waals surface area (Å²) in [5, 5.41) is 8.63. The van der Waals surface area contributed by atoms with E-state index in [2.05, 4.69) is 0 Å². The molecule has 0 bridgehead atoms. The summed E-state index contributed by atoms with van der Waals surface area (Å²) in [6, 6.07) is 7.18. The Kier molecular flexibility index (Phi) is 3.90. The van der Waals surface area contributed by atoms with E-state index in [1.165, 1.54) is 25.1 Å². The van der Waals surface area contributed by atoms with E-state index in [0.29, 0.717) is 5.56 Å². The Bertz CT molecular complexity index is 462. The number of hydrogen-bond acceptors (Lipinski definition) is 3. The van der Waals surface area contributed by atoms with Crippen molar-refractivity contribution in [1.82, 2.24) is 0 Å². The van der Waals surface area contributed by atoms with E-state index in [0.717, 1.165) is 0 Å². The van der Waals surface area contributed by atoms with Crippen LogP contribution in [-0.4, -0.2) is 11.6 Å². The van der Waals surface area contributed by atoms with Crippen LogP contribution < -0.4 is 0 Å². The molecule has 1 aromatic rings. The van der Waals surface area contributed by atoms with Crippen molar-refractivity contribution in [1.29, 1.82) is 5.26 Å². The molecule has 0 aliphatic rings. The zero-order chi connectivity index (χ0) is 12.1. The number of benzene rings is 1. The molecule has 0 saturated carbocycles. The van der Waals surface area contributed by atoms with Gasteiger partial charge in [-0.25, -0.2) is 4.39 Å². The average molecular weight is 219 g/mol. The predicted octanol–water partition coefficient (Wildman–Crippen LogP) is 1.67. The smallest absolute Gasteiger partial charge is 0.163 e. The molecule has 0 saturated heterocycles. The van der Waals surface area contributed by atoms with Crippen molar-refractivity contribution < 1.29 is 14.0 Å². The minimum absolute atomic E-state index is 0.102. The fourth-order valence-corrected chi connectivity index (χ4v) is 1.34. The molecule has 1 atom stereocenters. The minimum atomic E-state index is -1.25. The zero-order valence-electron chi connectivity index (χ0n) is 8.74. The number of nitriles is 1. The molecule has 0 aliphatic carbocycles. The van der Waals surface area contributed by atoms with Crippen molar-refractivity contribution in [2.45, 2.75) is 13.3 Å². The van der Waals surface area contributed by atoms with Crippen molar-refractivity contribution in [3.63, 3.8) is 0 Å². The van der Waals surface area contributed by atoms with Crippen LogP contribution in [0.5, 0.6) is 0 Å². The molecule has 0 radical (unpaired) electrons. The summed E-state index contributed by atoms with van der Waals surface area (Å²) >= 11 is 0. The van der Waals surface area contributed by atoms with Crippen LogP contribution in [0.2, 0.25) is 0 Å². The summed E-state index contributed by atoms with van der Waals surface area (Å²) in [4.78, 5) is 22.5. The van der Waals surface area contributed by atoms with Gasteiger partial charge in [0.1, 0.15) is 5.82 Å². The van der Waals surface area contributed by atoms with Crippen LogP contribution in [0.3, 0.4) is 0 Å². The van der Waals surface area contributed by atoms with Crippen LogP contribution in [0.1, 0.15) is 12.5 Å². The molecule has 0 heterocycles. The van der Waals surface area contributed by atoms with Gasteiger partial charge in [-0.2, -0.15) is 5.26 Å². The highest BCUT2D eigenvalue weighted by Gasteiger charge is 2.22. The number of nitrogens with zero attached hydrogens (tertiary/aromatic N) is 1. The summed E-state index contributed by atoms with van der Waals surface area (Å²) < 4.78 is 12.8. The normalized spacial score (nSPS) is 11.6. The Morgan fingerprint density at radius 1 is 1.50 bits per heavy atom. The second kappa shape index (κ2) is 5.17. The lowest BCUT2D eigenvalue weighted by atomic mass is 9.96. The fraction of sp³-hybridized carbons (Fsp3) is 0.250. The van der Waals surface area contributed by atoms with Gasteiger partial charge in [0.2, 0.25) is 0 Å². The first kappa shape index (κ1) is 12.1. The van der Waals surface area contributed by atoms with Gasteiger partial charge in [0.05, 0.1) is 6.07 Å². The van der Waals surface area contributed by atoms with Gasteiger partial charge in [-0.05, 0) is 24.6 Å². The third-order valence-corrected chi connectivity index (χ3v) is 2.12. The van der Waals surface area contributed by atoms with E-state index in [4.69, 9.17) is 5.26 Å². The molecule has 4 heteroatoms. The monoisotopic (exact) mass is 219 g/mol. The number of rotatable bonds is 4. The van der Waals surface area contributed by atoms with Crippen molar-refractivity contribution in [3.8, 4) is 6.07 Å². The van der Waals surface area contributed by atoms with Crippen LogP contribution in [0.4, 0.5) is 4.39 Å². The molecular weight excluding hydrogens is 209 g/mol. The molecule has 16 heavy (non-hydrogen) atoms. The summed E-state index contributed by atoms with van der Waals surface area (Å²) in [6.45, 7) is 1.19. The molecule has 0 aromatic heterocycles. The molecule has 0 aliphatic heterocycles. The molecule has 82 valence electrons. The summed E-state index contributed by atoms with van der Waals surface area (Å²) in [6.07, 6.45) is -0.102. The maximum Gasteiger partial charge on any atom is 0.163 e. The predicted molar refractivity (Wildman–Crippen MR) is 54.9 cm³/mol. The molecular formula is C12H10FNO2. The lowest BCUT2D eigenvalue weighted by Gasteiger charge is -2.04. The van der Waals surface area contributed by atoms with Gasteiger partial charge in [0.15, 0.2) is 17.5 Å². The third-order valence-electron chi connectivity index (χ3n) is 2.12. The lowest BCUT2D eigenvalue weighted by Crippen LogP contribution is -2.22. The second-order valence-corrected chi connectivity index (χ2v) is 3.45. The molecule has 0 N–H and O–H groups in total. The van der Waals surface area contributed by atoms with Crippen LogP contribution in [0.25, 0.3) is 0 Å². The van der Waals surface area contributed by atoms with Crippen LogP contribution in [0, 0.1) is 23.1 Å². The van der Waals surface area contributed by atoms with Crippen molar-refractivity contribution in [2.24, 2.45) is 5.92 Å². The molecule has 0 amide bonds. The van der Waals surface area contributed by atoms with Gasteiger partial charge in [0.25, 0.3) is 0 Å². The van der Waals surface area contributed by atoms with Crippen molar-refractivity contribution >= 4 is 11.6 Å². The van der Waals surface area contributed by atoms with Crippen LogP contribution in [-0.2, 0) is 16.0 Å². The molecule has 0 spiro atoms. The van der Waals surface area contributed by atoms with E-state index in [-0.39, 0.29) is 6.42 Å². The topological polar surface area (TPSA) is 57.9 Å². The first-order chi connectivity index (χ1) is 7.54. The van der Waals surface area contributed by atoms with Crippen molar-refractivity contribution in [2.75, 3.05) is 0 Å². The van der Waals surface area contributed by atoms with Gasteiger partial charge in [-0.3, -0.25) is 9.59 Å². The van der Waals surface area contributed by atoms with Crippen molar-refractivity contribution in [3.05, 3.63) is 35.6 Å². The van der Waals surface area contributed by atoms with E-state index in [1.807, 2.05) is 0 Å². The highest BCUT2D eigenvalue weighted by atomic mass is 19.1. The Morgan fingerprint density at radius 3 is 2.69 bits per heavy atom. The van der Waals surface area contributed by atoms with Gasteiger partial charge in [-0.1, -0.05) is 12.1 Å². The average Bonchev–Trinajstić information content (AvgIpc) is 2.17. The fourth-order valence-electron chi connectivity index (χ4n) is 1.34. The Labute approximate surface area is 92.5 Å². The van der Waals surface area contributed by atoms with E-state index < -0.39 is 23.3 Å². The SMILES string of the molecule is CC(=O)C(C#N)C(=O)Cc1cccc(F)c1. The number of halogens is 1. The largest absolute Gasteiger partial charge is 0.298 e. The number of hydrogen-bond donors (Lipinski definition) is 0. The first-order valence-electron chi connectivity index (χ1n) is 4.72. The summed E-state index contributed by atoms with van der Waals surface area (Å²) in [7, 11) is 0.